The number of H-pyrrole nitrogens is 1. The molecule has 0 bridgehead atoms. The molecular formula is C21H20N4O2S. The molecule has 4 rings (SSSR count). The molecule has 0 aliphatic heterocycles. The van der Waals surface area contributed by atoms with Crippen LogP contribution in [-0.4, -0.2) is 33.9 Å². The van der Waals surface area contributed by atoms with E-state index in [-0.39, 0.29) is 11.7 Å². The fourth-order valence-electron chi connectivity index (χ4n) is 2.99. The number of carbonyl (C=O) groups is 1. The number of nitrogens with one attached hydrogen (secondary N) is 1. The molecule has 0 aliphatic rings. The summed E-state index contributed by atoms with van der Waals surface area (Å²) < 4.78 is 5.76. The zero-order valence-corrected chi connectivity index (χ0v) is 16.7. The van der Waals surface area contributed by atoms with Crippen molar-refractivity contribution in [2.75, 3.05) is 17.7 Å². The highest BCUT2D eigenvalue weighted by Gasteiger charge is 2.15. The van der Waals surface area contributed by atoms with Gasteiger partial charge in [-0.1, -0.05) is 30.0 Å². The molecule has 6 nitrogen and oxygen atoms in total. The number of rotatable bonds is 5. The lowest BCUT2D eigenvalue weighted by Crippen LogP contribution is -2.27. The molecular weight excluding hydrogens is 372 g/mol. The van der Waals surface area contributed by atoms with Gasteiger partial charge in [0.05, 0.1) is 5.75 Å². The lowest BCUT2D eigenvalue weighted by Gasteiger charge is -2.16. The lowest BCUT2D eigenvalue weighted by molar-refractivity contribution is -0.115. The molecule has 0 radical (unpaired) electrons. The van der Waals surface area contributed by atoms with Crippen molar-refractivity contribution < 1.29 is 9.21 Å². The van der Waals surface area contributed by atoms with E-state index in [0.717, 1.165) is 27.8 Å². The van der Waals surface area contributed by atoms with Crippen molar-refractivity contribution in [1.29, 1.82) is 0 Å². The van der Waals surface area contributed by atoms with Crippen LogP contribution in [0.2, 0.25) is 0 Å². The van der Waals surface area contributed by atoms with E-state index >= 15 is 0 Å². The first-order chi connectivity index (χ1) is 13.5. The monoisotopic (exact) mass is 392 g/mol. The molecule has 0 spiro atoms. The van der Waals surface area contributed by atoms with E-state index in [2.05, 4.69) is 29.0 Å². The van der Waals surface area contributed by atoms with E-state index in [1.807, 2.05) is 48.5 Å². The maximum atomic E-state index is 12.4. The highest BCUT2D eigenvalue weighted by molar-refractivity contribution is 7.99. The molecule has 2 aromatic heterocycles. The third kappa shape index (κ3) is 3.53. The first-order valence-corrected chi connectivity index (χ1v) is 9.88. The van der Waals surface area contributed by atoms with Gasteiger partial charge in [-0.25, -0.2) is 0 Å². The van der Waals surface area contributed by atoms with Crippen molar-refractivity contribution in [3.05, 3.63) is 59.8 Å². The van der Waals surface area contributed by atoms with Gasteiger partial charge in [0, 0.05) is 34.9 Å². The number of carbonyl (C=O) groups excluding carboxylic acids is 1. The van der Waals surface area contributed by atoms with E-state index in [9.17, 15) is 4.79 Å². The minimum Gasteiger partial charge on any atom is -0.411 e. The van der Waals surface area contributed by atoms with Gasteiger partial charge >= 0.3 is 0 Å². The van der Waals surface area contributed by atoms with Crippen LogP contribution in [0.15, 0.2) is 58.2 Å². The van der Waals surface area contributed by atoms with Crippen LogP contribution in [0.4, 0.5) is 5.69 Å². The van der Waals surface area contributed by atoms with E-state index in [4.69, 9.17) is 4.42 Å². The normalized spacial score (nSPS) is 11.1. The van der Waals surface area contributed by atoms with Gasteiger partial charge in [-0.05, 0) is 49.7 Å². The van der Waals surface area contributed by atoms with E-state index in [0.29, 0.717) is 11.1 Å². The Hall–Kier alpha value is -3.06. The number of nitrogens with zero attached hydrogens (tertiary/aromatic N) is 3. The molecule has 1 amide bonds. The van der Waals surface area contributed by atoms with Crippen LogP contribution >= 0.6 is 11.8 Å². The molecule has 1 N–H and O–H groups in total. The summed E-state index contributed by atoms with van der Waals surface area (Å²) in [5.41, 5.74) is 5.16. The van der Waals surface area contributed by atoms with Gasteiger partial charge < -0.3 is 14.3 Å². The second-order valence-electron chi connectivity index (χ2n) is 6.59. The third-order valence-corrected chi connectivity index (χ3v) is 5.60. The fraction of sp³-hybridized carbons (Fsp3) is 0.190. The number of benzene rings is 2. The summed E-state index contributed by atoms with van der Waals surface area (Å²) in [5.74, 6) is 0.643. The average molecular weight is 392 g/mol. The predicted molar refractivity (Wildman–Crippen MR) is 112 cm³/mol. The molecule has 28 heavy (non-hydrogen) atoms. The number of fused-ring (bicyclic) bond motifs is 1. The van der Waals surface area contributed by atoms with Crippen molar-refractivity contribution in [2.24, 2.45) is 0 Å². The Labute approximate surface area is 167 Å². The first kappa shape index (κ1) is 18.3. The standard InChI is InChI=1S/C21H20N4O2S/c1-13-14(2)22-18-10-9-15(11-17(13)18)20-23-24-21(27-20)28-12-19(26)25(3)16-7-5-4-6-8-16/h4-11,22H,12H2,1-3H3. The smallest absolute Gasteiger partial charge is 0.277 e. The van der Waals surface area contributed by atoms with Crippen molar-refractivity contribution in [3.63, 3.8) is 0 Å². The quantitative estimate of drug-likeness (QED) is 0.503. The number of aromatic nitrogens is 3. The van der Waals surface area contributed by atoms with Crippen LogP contribution in [0.5, 0.6) is 0 Å². The van der Waals surface area contributed by atoms with Crippen LogP contribution < -0.4 is 4.90 Å². The van der Waals surface area contributed by atoms with Crippen LogP contribution in [0.3, 0.4) is 0 Å². The number of amides is 1. The summed E-state index contributed by atoms with van der Waals surface area (Å²) in [6, 6.07) is 15.5. The van der Waals surface area contributed by atoms with Crippen LogP contribution in [0, 0.1) is 13.8 Å². The third-order valence-electron chi connectivity index (χ3n) is 4.80. The Morgan fingerprint density at radius 1 is 1.14 bits per heavy atom. The SMILES string of the molecule is Cc1[nH]c2ccc(-c3nnc(SCC(=O)N(C)c4ccccc4)o3)cc2c1C. The van der Waals surface area contributed by atoms with Crippen molar-refractivity contribution in [3.8, 4) is 11.5 Å². The van der Waals surface area contributed by atoms with Gasteiger partial charge in [0.1, 0.15) is 0 Å². The molecule has 0 aliphatic carbocycles. The molecule has 0 fully saturated rings. The number of hydrogen-bond donors (Lipinski definition) is 1. The van der Waals surface area contributed by atoms with Crippen LogP contribution in [0.25, 0.3) is 22.4 Å². The molecule has 0 atom stereocenters. The number of aromatic amines is 1. The second-order valence-corrected chi connectivity index (χ2v) is 7.51. The summed E-state index contributed by atoms with van der Waals surface area (Å²) in [4.78, 5) is 17.4. The summed E-state index contributed by atoms with van der Waals surface area (Å²) in [5, 5.41) is 9.73. The van der Waals surface area contributed by atoms with Gasteiger partial charge in [0.2, 0.25) is 11.8 Å². The Balaban J connectivity index is 1.46. The highest BCUT2D eigenvalue weighted by Crippen LogP contribution is 2.29. The molecule has 2 aromatic carbocycles. The van der Waals surface area contributed by atoms with E-state index in [1.165, 1.54) is 17.3 Å². The van der Waals surface area contributed by atoms with Crippen molar-refractivity contribution in [1.82, 2.24) is 15.2 Å². The van der Waals surface area contributed by atoms with Crippen LogP contribution in [-0.2, 0) is 4.79 Å². The molecule has 2 heterocycles. The molecule has 7 heteroatoms. The zero-order valence-electron chi connectivity index (χ0n) is 15.9. The summed E-state index contributed by atoms with van der Waals surface area (Å²) in [7, 11) is 1.76. The second kappa shape index (κ2) is 7.52. The summed E-state index contributed by atoms with van der Waals surface area (Å²) >= 11 is 1.24. The van der Waals surface area contributed by atoms with E-state index in [1.54, 1.807) is 11.9 Å². The summed E-state index contributed by atoms with van der Waals surface area (Å²) in [6.07, 6.45) is 0. The Morgan fingerprint density at radius 3 is 2.71 bits per heavy atom. The molecule has 0 unspecified atom stereocenters. The first-order valence-electron chi connectivity index (χ1n) is 8.90. The zero-order chi connectivity index (χ0) is 19.7. The minimum atomic E-state index is -0.0317. The molecule has 4 aromatic rings. The van der Waals surface area contributed by atoms with Crippen LogP contribution in [0.1, 0.15) is 11.3 Å². The van der Waals surface area contributed by atoms with Gasteiger partial charge in [0.15, 0.2) is 0 Å². The van der Waals surface area contributed by atoms with Gasteiger partial charge in [-0.2, -0.15) is 0 Å². The fourth-order valence-corrected chi connectivity index (χ4v) is 3.67. The number of hydrogen-bond acceptors (Lipinski definition) is 5. The highest BCUT2D eigenvalue weighted by atomic mass is 32.2. The number of aryl methyl sites for hydroxylation is 2. The summed E-state index contributed by atoms with van der Waals surface area (Å²) in [6.45, 7) is 4.14. The topological polar surface area (TPSA) is 75.0 Å². The predicted octanol–water partition coefficient (Wildman–Crippen LogP) is 4.59. The Morgan fingerprint density at radius 2 is 1.93 bits per heavy atom. The van der Waals surface area contributed by atoms with Gasteiger partial charge in [0.25, 0.3) is 5.22 Å². The number of anilines is 1. The molecule has 142 valence electrons. The maximum absolute atomic E-state index is 12.4. The lowest BCUT2D eigenvalue weighted by atomic mass is 10.1. The van der Waals surface area contributed by atoms with Gasteiger partial charge in [-0.15, -0.1) is 10.2 Å². The number of thioether (sulfide) groups is 1. The Kier molecular flexibility index (Phi) is 4.92. The number of para-hydroxylation sites is 1. The average Bonchev–Trinajstić information content (AvgIpc) is 3.31. The van der Waals surface area contributed by atoms with Crippen molar-refractivity contribution in [2.45, 2.75) is 19.1 Å². The Bertz CT molecular complexity index is 1130. The maximum Gasteiger partial charge on any atom is 0.277 e. The molecule has 0 saturated carbocycles. The van der Waals surface area contributed by atoms with Crippen molar-refractivity contribution >= 4 is 34.3 Å². The minimum absolute atomic E-state index is 0.0317. The largest absolute Gasteiger partial charge is 0.411 e. The van der Waals surface area contributed by atoms with Gasteiger partial charge in [-0.3, -0.25) is 4.79 Å². The molecule has 0 saturated heterocycles. The van der Waals surface area contributed by atoms with E-state index < -0.39 is 0 Å².